The zero-order valence-electron chi connectivity index (χ0n) is 11.2. The number of rotatable bonds is 5. The molecule has 0 saturated carbocycles. The van der Waals surface area contributed by atoms with Gasteiger partial charge in [-0.3, -0.25) is 14.9 Å². The molecule has 0 N–H and O–H groups in total. The van der Waals surface area contributed by atoms with Gasteiger partial charge in [0, 0.05) is 22.7 Å². The average Bonchev–Trinajstić information content (AvgIpc) is 2.44. The van der Waals surface area contributed by atoms with E-state index in [0.717, 1.165) is 5.56 Å². The highest BCUT2D eigenvalue weighted by atomic mass is 35.5. The average molecular weight is 306 g/mol. The van der Waals surface area contributed by atoms with Crippen LogP contribution in [0.5, 0.6) is 5.75 Å². The van der Waals surface area contributed by atoms with Gasteiger partial charge in [0.15, 0.2) is 18.1 Å². The van der Waals surface area contributed by atoms with Crippen LogP contribution in [0.25, 0.3) is 0 Å². The van der Waals surface area contributed by atoms with Crippen LogP contribution in [0.2, 0.25) is 5.02 Å². The lowest BCUT2D eigenvalue weighted by molar-refractivity contribution is -0.385. The first-order chi connectivity index (χ1) is 9.97. The molecule has 0 atom stereocenters. The Kier molecular flexibility index (Phi) is 4.55. The van der Waals surface area contributed by atoms with Crippen molar-refractivity contribution in [1.82, 2.24) is 0 Å². The van der Waals surface area contributed by atoms with Crippen LogP contribution in [0, 0.1) is 17.0 Å². The Labute approximate surface area is 126 Å². The van der Waals surface area contributed by atoms with Crippen molar-refractivity contribution in [2.45, 2.75) is 6.92 Å². The topological polar surface area (TPSA) is 69.4 Å². The molecule has 0 fully saturated rings. The van der Waals surface area contributed by atoms with E-state index >= 15 is 0 Å². The highest BCUT2D eigenvalue weighted by molar-refractivity contribution is 6.30. The Morgan fingerprint density at radius 2 is 2.05 bits per heavy atom. The third kappa shape index (κ3) is 3.79. The molecule has 0 spiro atoms. The standard InChI is InChI=1S/C15H12ClNO4/c1-10-3-2-4-11(7-10)14(18)9-21-15-8-12(16)5-6-13(15)17(19)20/h2-8H,9H2,1H3. The number of nitro groups is 1. The van der Waals surface area contributed by atoms with Gasteiger partial charge < -0.3 is 4.74 Å². The number of carbonyl (C=O) groups is 1. The van der Waals surface area contributed by atoms with E-state index in [2.05, 4.69) is 0 Å². The van der Waals surface area contributed by atoms with Crippen molar-refractivity contribution in [2.24, 2.45) is 0 Å². The van der Waals surface area contributed by atoms with E-state index in [9.17, 15) is 14.9 Å². The van der Waals surface area contributed by atoms with Crippen LogP contribution in [0.4, 0.5) is 5.69 Å². The molecule has 0 saturated heterocycles. The highest BCUT2D eigenvalue weighted by Gasteiger charge is 2.17. The van der Waals surface area contributed by atoms with Crippen molar-refractivity contribution in [3.05, 3.63) is 68.7 Å². The maximum absolute atomic E-state index is 12.0. The highest BCUT2D eigenvalue weighted by Crippen LogP contribution is 2.29. The van der Waals surface area contributed by atoms with Crippen LogP contribution in [0.3, 0.4) is 0 Å². The lowest BCUT2D eigenvalue weighted by atomic mass is 10.1. The van der Waals surface area contributed by atoms with Gasteiger partial charge in [0.2, 0.25) is 0 Å². The van der Waals surface area contributed by atoms with E-state index < -0.39 is 4.92 Å². The minimum Gasteiger partial charge on any atom is -0.478 e. The molecule has 0 aliphatic heterocycles. The molecule has 6 heteroatoms. The lowest BCUT2D eigenvalue weighted by Crippen LogP contribution is -2.12. The van der Waals surface area contributed by atoms with Crippen LogP contribution in [0.15, 0.2) is 42.5 Å². The molecule has 0 heterocycles. The second kappa shape index (κ2) is 6.37. The summed E-state index contributed by atoms with van der Waals surface area (Å²) in [5, 5.41) is 11.2. The van der Waals surface area contributed by atoms with Crippen LogP contribution in [-0.4, -0.2) is 17.3 Å². The summed E-state index contributed by atoms with van der Waals surface area (Å²) in [4.78, 5) is 22.3. The Balaban J connectivity index is 2.14. The first-order valence-corrected chi connectivity index (χ1v) is 6.52. The second-order valence-electron chi connectivity index (χ2n) is 4.45. The number of carbonyl (C=O) groups excluding carboxylic acids is 1. The third-order valence-electron chi connectivity index (χ3n) is 2.82. The second-order valence-corrected chi connectivity index (χ2v) is 4.89. The van der Waals surface area contributed by atoms with E-state index in [0.29, 0.717) is 10.6 Å². The predicted octanol–water partition coefficient (Wildman–Crippen LogP) is 3.82. The van der Waals surface area contributed by atoms with Gasteiger partial charge in [0.25, 0.3) is 0 Å². The van der Waals surface area contributed by atoms with Crippen molar-refractivity contribution in [2.75, 3.05) is 6.61 Å². The Morgan fingerprint density at radius 3 is 2.71 bits per heavy atom. The fourth-order valence-electron chi connectivity index (χ4n) is 1.80. The van der Waals surface area contributed by atoms with Crippen LogP contribution < -0.4 is 4.74 Å². The summed E-state index contributed by atoms with van der Waals surface area (Å²) >= 11 is 5.79. The molecule has 0 aliphatic rings. The van der Waals surface area contributed by atoms with E-state index in [-0.39, 0.29) is 23.8 Å². The van der Waals surface area contributed by atoms with Crippen LogP contribution in [0.1, 0.15) is 15.9 Å². The van der Waals surface area contributed by atoms with Crippen molar-refractivity contribution in [3.8, 4) is 5.75 Å². The first kappa shape index (κ1) is 15.0. The Morgan fingerprint density at radius 1 is 1.29 bits per heavy atom. The van der Waals surface area contributed by atoms with Crippen molar-refractivity contribution in [1.29, 1.82) is 0 Å². The lowest BCUT2D eigenvalue weighted by Gasteiger charge is -2.07. The van der Waals surface area contributed by atoms with Gasteiger partial charge in [0.05, 0.1) is 4.92 Å². The van der Waals surface area contributed by atoms with Gasteiger partial charge >= 0.3 is 5.69 Å². The monoisotopic (exact) mass is 305 g/mol. The summed E-state index contributed by atoms with van der Waals surface area (Å²) in [5.74, 6) is -0.276. The van der Waals surface area contributed by atoms with Gasteiger partial charge in [-0.15, -0.1) is 0 Å². The minimum atomic E-state index is -0.581. The normalized spacial score (nSPS) is 10.2. The van der Waals surface area contributed by atoms with Gasteiger partial charge in [-0.1, -0.05) is 35.4 Å². The van der Waals surface area contributed by atoms with E-state index in [1.165, 1.54) is 18.2 Å². The Bertz CT molecular complexity index is 700. The largest absolute Gasteiger partial charge is 0.478 e. The molecule has 108 valence electrons. The summed E-state index contributed by atoms with van der Waals surface area (Å²) in [6, 6.07) is 11.0. The summed E-state index contributed by atoms with van der Waals surface area (Å²) in [7, 11) is 0. The maximum Gasteiger partial charge on any atom is 0.311 e. The van der Waals surface area contributed by atoms with Crippen molar-refractivity contribution >= 4 is 23.1 Å². The molecular formula is C15H12ClNO4. The Hall–Kier alpha value is -2.40. The number of nitrogens with zero attached hydrogens (tertiary/aromatic N) is 1. The van der Waals surface area contributed by atoms with Gasteiger partial charge in [0.1, 0.15) is 0 Å². The number of hydrogen-bond acceptors (Lipinski definition) is 4. The fraction of sp³-hybridized carbons (Fsp3) is 0.133. The van der Waals surface area contributed by atoms with E-state index in [1.807, 2.05) is 13.0 Å². The molecule has 0 radical (unpaired) electrons. The smallest absolute Gasteiger partial charge is 0.311 e. The van der Waals surface area contributed by atoms with Crippen molar-refractivity contribution in [3.63, 3.8) is 0 Å². The number of ether oxygens (including phenoxy) is 1. The molecule has 5 nitrogen and oxygen atoms in total. The molecule has 2 aromatic carbocycles. The molecule has 0 unspecified atom stereocenters. The SMILES string of the molecule is Cc1cccc(C(=O)COc2cc(Cl)ccc2[N+](=O)[O-])c1. The molecule has 0 bridgehead atoms. The number of nitro benzene ring substituents is 1. The van der Waals surface area contributed by atoms with E-state index in [4.69, 9.17) is 16.3 Å². The first-order valence-electron chi connectivity index (χ1n) is 6.14. The summed E-state index contributed by atoms with van der Waals surface area (Å²) in [5.41, 5.74) is 1.23. The summed E-state index contributed by atoms with van der Waals surface area (Å²) in [6.45, 7) is 1.59. The molecule has 0 amide bonds. The van der Waals surface area contributed by atoms with E-state index in [1.54, 1.807) is 18.2 Å². The predicted molar refractivity (Wildman–Crippen MR) is 79.1 cm³/mol. The minimum absolute atomic E-state index is 0.0199. The summed E-state index contributed by atoms with van der Waals surface area (Å²) in [6.07, 6.45) is 0. The quantitative estimate of drug-likeness (QED) is 0.478. The molecule has 2 rings (SSSR count). The number of halogens is 1. The number of ketones is 1. The van der Waals surface area contributed by atoms with Gasteiger partial charge in [-0.25, -0.2) is 0 Å². The zero-order chi connectivity index (χ0) is 15.4. The van der Waals surface area contributed by atoms with Gasteiger partial charge in [-0.2, -0.15) is 0 Å². The third-order valence-corrected chi connectivity index (χ3v) is 3.05. The summed E-state index contributed by atoms with van der Waals surface area (Å²) < 4.78 is 5.26. The van der Waals surface area contributed by atoms with Crippen LogP contribution in [-0.2, 0) is 0 Å². The van der Waals surface area contributed by atoms with Gasteiger partial charge in [-0.05, 0) is 19.1 Å². The zero-order valence-corrected chi connectivity index (χ0v) is 12.0. The molecule has 2 aromatic rings. The molecule has 21 heavy (non-hydrogen) atoms. The molecule has 0 aliphatic carbocycles. The number of benzene rings is 2. The molecular weight excluding hydrogens is 294 g/mol. The fourth-order valence-corrected chi connectivity index (χ4v) is 1.96. The van der Waals surface area contributed by atoms with Crippen molar-refractivity contribution < 1.29 is 14.5 Å². The number of Topliss-reactive ketones (excluding diaryl/α,β-unsaturated/α-hetero) is 1. The maximum atomic E-state index is 12.0. The van der Waals surface area contributed by atoms with Crippen LogP contribution >= 0.6 is 11.6 Å². The number of hydrogen-bond donors (Lipinski definition) is 0. The number of aryl methyl sites for hydroxylation is 1. The molecule has 0 aromatic heterocycles.